The average molecular weight is 1290 g/mol. The smallest absolute Gasteiger partial charge is 0.430 e. The van der Waals surface area contributed by atoms with Crippen LogP contribution in [0.3, 0.4) is 0 Å². The van der Waals surface area contributed by atoms with E-state index in [0.717, 1.165) is 12.3 Å². The molecule has 0 radical (unpaired) electrons. The van der Waals surface area contributed by atoms with E-state index in [2.05, 4.69) is 35.6 Å². The first-order valence-corrected chi connectivity index (χ1v) is 30.9. The maximum Gasteiger partial charge on any atom is 0.430 e. The summed E-state index contributed by atoms with van der Waals surface area (Å²) in [6.07, 6.45) is -1.91. The highest BCUT2D eigenvalue weighted by atomic mass is 32.2. The van der Waals surface area contributed by atoms with Gasteiger partial charge in [-0.25, -0.2) is 27.8 Å². The average Bonchev–Trinajstić information content (AvgIpc) is 2.15. The van der Waals surface area contributed by atoms with Crippen molar-refractivity contribution < 1.29 is 102 Å². The van der Waals surface area contributed by atoms with E-state index in [4.69, 9.17) is 43.1 Å². The lowest BCUT2D eigenvalue weighted by molar-refractivity contribution is -0.870. The molecule has 89 heavy (non-hydrogen) atoms. The second kappa shape index (κ2) is 35.1. The van der Waals surface area contributed by atoms with Crippen molar-refractivity contribution in [2.75, 3.05) is 112 Å². The molecule has 0 aliphatic carbocycles. The van der Waals surface area contributed by atoms with Crippen LogP contribution >= 0.6 is 0 Å². The number of anilines is 2. The first-order chi connectivity index (χ1) is 41.7. The van der Waals surface area contributed by atoms with Crippen molar-refractivity contribution in [3.8, 4) is 22.8 Å². The van der Waals surface area contributed by atoms with Crippen LogP contribution in [0.1, 0.15) is 85.1 Å². The third kappa shape index (κ3) is 27.9. The summed E-state index contributed by atoms with van der Waals surface area (Å²) in [5, 5.41) is 19.8. The van der Waals surface area contributed by atoms with Crippen LogP contribution in [0.2, 0.25) is 0 Å². The zero-order valence-electron chi connectivity index (χ0n) is 51.6. The lowest BCUT2D eigenvalue weighted by Gasteiger charge is -2.30. The molecule has 496 valence electrons. The Kier molecular flexibility index (Phi) is 29.3. The normalized spacial score (nSPS) is 15.7. The van der Waals surface area contributed by atoms with Crippen LogP contribution in [0, 0.1) is 17.6 Å². The number of aliphatic carboxylic acids is 1. The molecule has 1 aromatic heterocycles. The standard InChI is InChI=1S/C56H81F2N9O14S.C2HF3O2/c1-37(2)49(52(71)65-82(9,74)36-38-30-40-33-41(31-38)78-21-10-11-22-79-46-32-39(57)15-16-42(46)50-43(58)35-60-54(61-40)64-50)63-51(70)45-14-12-19-66(45)53(72)44(34-48(69)80-23-13-20-67(6,7)8)62-47(68)17-24-75-26-28-77-29-27-76-25-18-59-55(73)81-56(3,4)5;3-2(4,5)1(6)7/h15-16,30-33,35,37,44-45,49H,10-14,17-29,34,36H2,1-9H3,(H3-,59,60,61,62,63,64,68,70,73);(H,6,7)/t44-,45-,49-,82+;/m0./s1. The number of carbonyl (C=O) groups is 7. The number of nitrogens with zero attached hydrogens (tertiary/aromatic N) is 5. The van der Waals surface area contributed by atoms with Crippen LogP contribution in [-0.4, -0.2) is 202 Å². The molecule has 3 heterocycles. The Morgan fingerprint density at radius 2 is 1.54 bits per heavy atom. The number of hydrogen-bond donors (Lipinski definition) is 4. The van der Waals surface area contributed by atoms with Crippen molar-refractivity contribution >= 4 is 63.0 Å². The minimum absolute atomic E-state index is 0.0200. The molecule has 4 N–H and O–H groups in total. The number of carboxylic acid groups (broad SMARTS) is 1. The van der Waals surface area contributed by atoms with Gasteiger partial charge in [-0.05, 0) is 82.2 Å². The maximum atomic E-state index is 15.2. The number of carbonyl (C=O) groups excluding carboxylic acids is 7. The summed E-state index contributed by atoms with van der Waals surface area (Å²) in [6.45, 7) is 11.4. The van der Waals surface area contributed by atoms with E-state index in [1.165, 1.54) is 23.3 Å². The Balaban J connectivity index is 0.00000227. The minimum Gasteiger partial charge on any atom is -0.542 e. The van der Waals surface area contributed by atoms with Crippen molar-refractivity contribution in [2.45, 2.75) is 115 Å². The molecule has 0 spiro atoms. The third-order valence-electron chi connectivity index (χ3n) is 12.6. The van der Waals surface area contributed by atoms with Crippen LogP contribution < -0.4 is 35.8 Å². The van der Waals surface area contributed by atoms with Gasteiger partial charge in [0.15, 0.2) is 5.82 Å². The number of nitrogens with one attached hydrogen (secondary N) is 4. The Labute approximate surface area is 514 Å². The summed E-state index contributed by atoms with van der Waals surface area (Å²) in [5.74, 6) is -8.19. The van der Waals surface area contributed by atoms with Crippen molar-refractivity contribution in [3.05, 3.63) is 59.8 Å². The van der Waals surface area contributed by atoms with Gasteiger partial charge in [-0.3, -0.25) is 24.0 Å². The highest BCUT2D eigenvalue weighted by Gasteiger charge is 2.40. The molecular weight excluding hydrogens is 1210 g/mol. The number of quaternary nitrogens is 1. The predicted octanol–water partition coefficient (Wildman–Crippen LogP) is 4.75. The zero-order chi connectivity index (χ0) is 66.1. The van der Waals surface area contributed by atoms with Crippen LogP contribution in [0.5, 0.6) is 11.5 Å². The number of halogens is 5. The molecular formula is C58H82F5N9O16S. The van der Waals surface area contributed by atoms with Crippen LogP contribution in [0.4, 0.5) is 38.4 Å². The Morgan fingerprint density at radius 1 is 0.888 bits per heavy atom. The number of amides is 5. The number of likely N-dealkylation sites (tertiary alicyclic amines) is 1. The number of esters is 1. The largest absolute Gasteiger partial charge is 0.542 e. The van der Waals surface area contributed by atoms with Crippen LogP contribution in [0.25, 0.3) is 11.3 Å². The number of alkyl carbamates (subject to hydrolysis) is 1. The third-order valence-corrected chi connectivity index (χ3v) is 14.1. The fraction of sp³-hybridized carbons (Fsp3) is 0.603. The van der Waals surface area contributed by atoms with Gasteiger partial charge in [0.25, 0.3) is 5.91 Å². The van der Waals surface area contributed by atoms with E-state index in [0.29, 0.717) is 53.7 Å². The lowest BCUT2D eigenvalue weighted by atomic mass is 10.0. The summed E-state index contributed by atoms with van der Waals surface area (Å²) >= 11 is 0. The lowest BCUT2D eigenvalue weighted by Crippen LogP contribution is -2.56. The Morgan fingerprint density at radius 3 is 2.18 bits per heavy atom. The molecule has 2 aliphatic heterocycles. The quantitative estimate of drug-likeness (QED) is 0.0365. The van der Waals surface area contributed by atoms with Gasteiger partial charge in [-0.15, -0.1) is 0 Å². The van der Waals surface area contributed by atoms with Gasteiger partial charge in [-0.1, -0.05) is 13.8 Å². The van der Waals surface area contributed by atoms with Crippen molar-refractivity contribution in [1.82, 2.24) is 30.8 Å². The molecule has 5 rings (SSSR count). The Hall–Kier alpha value is -7.35. The molecule has 1 saturated heterocycles. The number of hydrogen-bond acceptors (Lipinski definition) is 19. The summed E-state index contributed by atoms with van der Waals surface area (Å²) in [5.41, 5.74) is 0.315. The van der Waals surface area contributed by atoms with Gasteiger partial charge in [0.2, 0.25) is 23.7 Å². The second-order valence-corrected chi connectivity index (χ2v) is 25.5. The van der Waals surface area contributed by atoms with Crippen molar-refractivity contribution in [3.63, 3.8) is 0 Å². The van der Waals surface area contributed by atoms with Gasteiger partial charge in [0.1, 0.15) is 52.7 Å². The molecule has 1 fully saturated rings. The van der Waals surface area contributed by atoms with Gasteiger partial charge in [0.05, 0.1) is 115 Å². The molecule has 4 bridgehead atoms. The number of rotatable bonds is 26. The van der Waals surface area contributed by atoms with Crippen LogP contribution in [0.15, 0.2) is 47.0 Å². The molecule has 4 atom stereocenters. The van der Waals surface area contributed by atoms with E-state index in [9.17, 15) is 50.5 Å². The predicted molar refractivity (Wildman–Crippen MR) is 311 cm³/mol. The summed E-state index contributed by atoms with van der Waals surface area (Å²) < 4.78 is 119. The van der Waals surface area contributed by atoms with E-state index in [1.54, 1.807) is 52.8 Å². The first kappa shape index (κ1) is 74.1. The zero-order valence-corrected chi connectivity index (χ0v) is 52.4. The number of fused-ring (bicyclic) bond motifs is 6. The van der Waals surface area contributed by atoms with E-state index < -0.39 is 105 Å². The van der Waals surface area contributed by atoms with Crippen molar-refractivity contribution in [1.29, 1.82) is 0 Å². The number of aromatic nitrogens is 2. The number of alkyl halides is 3. The van der Waals surface area contributed by atoms with E-state index in [1.807, 2.05) is 21.1 Å². The summed E-state index contributed by atoms with van der Waals surface area (Å²) in [4.78, 5) is 99.3. The van der Waals surface area contributed by atoms with Crippen molar-refractivity contribution in [2.24, 2.45) is 10.3 Å². The SMILES string of the molecule is CC(C)[C@H](NC(=O)[C@@H]1CCCN1C(=O)[C@H](CC(=O)OCCC[N+](C)(C)C)NC(=O)CCOCCOCCOCCNC(=O)OC(C)(C)C)C(=O)N=[S@](C)(=O)Cc1cc2cc(c1)OCCCCOc1cc(F)ccc1-c1nc(ncc1F)N2.O=C([O-])C(F)(F)F. The minimum atomic E-state index is -5.19. The first-order valence-electron chi connectivity index (χ1n) is 28.8. The fourth-order valence-electron chi connectivity index (χ4n) is 8.55. The van der Waals surface area contributed by atoms with E-state index in [-0.39, 0.29) is 114 Å². The van der Waals surface area contributed by atoms with E-state index >= 15 is 4.39 Å². The topological polar surface area (TPSA) is 314 Å². The number of benzene rings is 2. The van der Waals surface area contributed by atoms with Gasteiger partial charge < -0.3 is 73.7 Å². The highest BCUT2D eigenvalue weighted by Crippen LogP contribution is 2.33. The summed E-state index contributed by atoms with van der Waals surface area (Å²) in [6, 6.07) is 4.91. The Bertz CT molecular complexity index is 3010. The van der Waals surface area contributed by atoms with Crippen LogP contribution in [-0.2, 0) is 67.9 Å². The molecule has 5 amide bonds. The number of ether oxygens (including phenoxy) is 7. The number of carboxylic acids is 1. The molecule has 2 aliphatic rings. The monoisotopic (exact) mass is 1290 g/mol. The fourth-order valence-corrected chi connectivity index (χ4v) is 9.89. The highest BCUT2D eigenvalue weighted by molar-refractivity contribution is 7.92. The molecule has 0 saturated carbocycles. The second-order valence-electron chi connectivity index (χ2n) is 23.1. The molecule has 31 heteroatoms. The molecule has 0 unspecified atom stereocenters. The summed E-state index contributed by atoms with van der Waals surface area (Å²) in [7, 11) is 2.63. The van der Waals surface area contributed by atoms with Gasteiger partial charge >= 0.3 is 18.2 Å². The molecule has 3 aromatic rings. The maximum absolute atomic E-state index is 15.2. The molecule has 25 nitrogen and oxygen atoms in total. The van der Waals surface area contributed by atoms with Gasteiger partial charge in [0, 0.05) is 55.6 Å². The van der Waals surface area contributed by atoms with Gasteiger partial charge in [-0.2, -0.15) is 17.5 Å². The molecule has 2 aromatic carbocycles.